The molecule has 0 N–H and O–H groups in total. The van der Waals surface area contributed by atoms with Gasteiger partial charge in [-0.05, 0) is 43.3 Å². The average Bonchev–Trinajstić information content (AvgIpc) is 3.44. The van der Waals surface area contributed by atoms with Gasteiger partial charge in [0.25, 0.3) is 0 Å². The number of rotatable bonds is 5. The van der Waals surface area contributed by atoms with Gasteiger partial charge >= 0.3 is 0 Å². The number of hydrogen-bond acceptors (Lipinski definition) is 5. The largest absolute Gasteiger partial charge is 0.368 e. The second kappa shape index (κ2) is 8.70. The molecule has 0 unspecified atom stereocenters. The van der Waals surface area contributed by atoms with Gasteiger partial charge in [-0.15, -0.1) is 11.3 Å². The lowest BCUT2D eigenvalue weighted by atomic mass is 10.2. The number of carbonyl (C=O) groups excluding carboxylic acids is 1. The van der Waals surface area contributed by atoms with E-state index >= 15 is 0 Å². The Balaban J connectivity index is 1.25. The molecule has 0 saturated carbocycles. The Kier molecular flexibility index (Phi) is 5.61. The molecule has 32 heavy (non-hydrogen) atoms. The van der Waals surface area contributed by atoms with Crippen LogP contribution in [0.3, 0.4) is 0 Å². The van der Waals surface area contributed by atoms with Crippen molar-refractivity contribution < 1.29 is 9.18 Å². The van der Waals surface area contributed by atoms with Crippen LogP contribution in [0.2, 0.25) is 0 Å². The van der Waals surface area contributed by atoms with Crippen molar-refractivity contribution in [3.8, 4) is 10.6 Å². The van der Waals surface area contributed by atoms with Crippen molar-refractivity contribution in [2.45, 2.75) is 19.9 Å². The summed E-state index contributed by atoms with van der Waals surface area (Å²) in [4.78, 5) is 26.2. The number of thiazole rings is 1. The third-order valence-corrected chi connectivity index (χ3v) is 6.84. The lowest BCUT2D eigenvalue weighted by Gasteiger charge is -2.36. The number of carbonyl (C=O) groups is 1. The minimum atomic E-state index is -0.235. The van der Waals surface area contributed by atoms with Gasteiger partial charge in [-0.2, -0.15) is 0 Å². The fourth-order valence-electron chi connectivity index (χ4n) is 4.18. The van der Waals surface area contributed by atoms with Crippen molar-refractivity contribution in [2.24, 2.45) is 0 Å². The molecule has 1 amide bonds. The first-order valence-corrected chi connectivity index (χ1v) is 11.7. The average molecular weight is 450 g/mol. The number of piperazine rings is 1. The number of amides is 1. The van der Waals surface area contributed by atoms with E-state index in [4.69, 9.17) is 4.98 Å². The number of aryl methyl sites for hydroxylation is 1. The van der Waals surface area contributed by atoms with Gasteiger partial charge in [0.15, 0.2) is 0 Å². The fourth-order valence-corrected chi connectivity index (χ4v) is 5.02. The molecule has 0 spiro atoms. The maximum Gasteiger partial charge on any atom is 0.228 e. The lowest BCUT2D eigenvalue weighted by molar-refractivity contribution is -0.130. The molecule has 1 aliphatic rings. The first-order chi connectivity index (χ1) is 15.6. The second-order valence-corrected chi connectivity index (χ2v) is 8.73. The van der Waals surface area contributed by atoms with E-state index in [9.17, 15) is 9.18 Å². The second-order valence-electron chi connectivity index (χ2n) is 7.87. The van der Waals surface area contributed by atoms with E-state index < -0.39 is 0 Å². The number of pyridine rings is 1. The number of nitrogens with zero attached hydrogens (tertiary/aromatic N) is 5. The van der Waals surface area contributed by atoms with Gasteiger partial charge in [-0.3, -0.25) is 4.79 Å². The number of halogens is 1. The van der Waals surface area contributed by atoms with Gasteiger partial charge in [-0.25, -0.2) is 14.4 Å². The normalized spacial score (nSPS) is 14.3. The highest BCUT2D eigenvalue weighted by Gasteiger charge is 2.22. The zero-order chi connectivity index (χ0) is 22.1. The van der Waals surface area contributed by atoms with Crippen LogP contribution in [0.25, 0.3) is 21.6 Å². The van der Waals surface area contributed by atoms with Crippen molar-refractivity contribution >= 4 is 34.0 Å². The summed E-state index contributed by atoms with van der Waals surface area (Å²) in [5, 5.41) is 3.98. The molecule has 1 aromatic carbocycles. The van der Waals surface area contributed by atoms with Crippen LogP contribution in [-0.2, 0) is 17.8 Å². The Morgan fingerprint density at radius 2 is 1.91 bits per heavy atom. The molecule has 4 aromatic rings. The van der Waals surface area contributed by atoms with Gasteiger partial charge in [0.05, 0.1) is 12.1 Å². The minimum absolute atomic E-state index is 0.0956. The van der Waals surface area contributed by atoms with Crippen molar-refractivity contribution in [1.82, 2.24) is 19.4 Å². The van der Waals surface area contributed by atoms with Crippen molar-refractivity contribution in [1.29, 1.82) is 0 Å². The highest BCUT2D eigenvalue weighted by Crippen LogP contribution is 2.32. The third kappa shape index (κ3) is 3.98. The molecule has 1 saturated heterocycles. The van der Waals surface area contributed by atoms with Crippen LogP contribution in [-0.4, -0.2) is 51.5 Å². The minimum Gasteiger partial charge on any atom is -0.368 e. The van der Waals surface area contributed by atoms with E-state index in [0.717, 1.165) is 52.6 Å². The summed E-state index contributed by atoms with van der Waals surface area (Å²) >= 11 is 1.57. The van der Waals surface area contributed by atoms with E-state index in [1.165, 1.54) is 12.1 Å². The summed E-state index contributed by atoms with van der Waals surface area (Å²) < 4.78 is 15.3. The van der Waals surface area contributed by atoms with Crippen LogP contribution in [0.4, 0.5) is 10.1 Å². The number of anilines is 1. The number of benzene rings is 1. The van der Waals surface area contributed by atoms with Crippen molar-refractivity contribution in [3.05, 3.63) is 65.7 Å². The number of hydrogen-bond donors (Lipinski definition) is 0. The Labute approximate surface area is 189 Å². The smallest absolute Gasteiger partial charge is 0.228 e. The van der Waals surface area contributed by atoms with Gasteiger partial charge in [0.2, 0.25) is 5.91 Å². The molecule has 1 aliphatic heterocycles. The molecule has 8 heteroatoms. The Hall–Kier alpha value is -3.26. The fraction of sp³-hybridized carbons (Fsp3) is 0.292. The Morgan fingerprint density at radius 1 is 1.12 bits per heavy atom. The van der Waals surface area contributed by atoms with E-state index in [1.54, 1.807) is 29.7 Å². The molecule has 0 radical (unpaired) electrons. The predicted molar refractivity (Wildman–Crippen MR) is 125 cm³/mol. The van der Waals surface area contributed by atoms with Crippen molar-refractivity contribution in [3.63, 3.8) is 0 Å². The molecular weight excluding hydrogens is 425 g/mol. The Morgan fingerprint density at radius 3 is 2.66 bits per heavy atom. The summed E-state index contributed by atoms with van der Waals surface area (Å²) in [5.74, 6) is -0.140. The van der Waals surface area contributed by atoms with E-state index in [2.05, 4.69) is 33.6 Å². The topological polar surface area (TPSA) is 54.3 Å². The molecule has 3 aromatic heterocycles. The van der Waals surface area contributed by atoms with Crippen molar-refractivity contribution in [2.75, 3.05) is 31.1 Å². The molecule has 0 atom stereocenters. The van der Waals surface area contributed by atoms with E-state index in [0.29, 0.717) is 19.5 Å². The van der Waals surface area contributed by atoms with E-state index in [-0.39, 0.29) is 11.7 Å². The predicted octanol–water partition coefficient (Wildman–Crippen LogP) is 4.21. The summed E-state index contributed by atoms with van der Waals surface area (Å²) in [6.45, 7) is 5.73. The molecule has 0 bridgehead atoms. The first kappa shape index (κ1) is 20.6. The molecule has 5 rings (SSSR count). The summed E-state index contributed by atoms with van der Waals surface area (Å²) in [6, 6.07) is 10.5. The maximum absolute atomic E-state index is 13.2. The molecule has 164 valence electrons. The highest BCUT2D eigenvalue weighted by atomic mass is 32.1. The molecule has 0 aliphatic carbocycles. The van der Waals surface area contributed by atoms with Crippen LogP contribution in [0.1, 0.15) is 12.6 Å². The zero-order valence-electron chi connectivity index (χ0n) is 17.9. The highest BCUT2D eigenvalue weighted by molar-refractivity contribution is 7.13. The maximum atomic E-state index is 13.2. The Bertz CT molecular complexity index is 1240. The van der Waals surface area contributed by atoms with Gasteiger partial charge < -0.3 is 14.4 Å². The summed E-state index contributed by atoms with van der Waals surface area (Å²) in [7, 11) is 0. The zero-order valence-corrected chi connectivity index (χ0v) is 18.7. The van der Waals surface area contributed by atoms with Gasteiger partial charge in [0, 0.05) is 67.1 Å². The van der Waals surface area contributed by atoms with Crippen LogP contribution in [0, 0.1) is 5.82 Å². The lowest BCUT2D eigenvalue weighted by Crippen LogP contribution is -2.49. The van der Waals surface area contributed by atoms with Gasteiger partial charge in [-0.1, -0.05) is 0 Å². The molecular formula is C24H24FN5OS. The first-order valence-electron chi connectivity index (χ1n) is 10.8. The standard InChI is InChI=1S/C24H24FN5OS/c1-2-28-15-21(20-4-3-9-26-23(20)28)24-27-18(16-32-24)14-22(31)30-12-10-29(11-13-30)19-7-5-17(25)6-8-19/h3-9,15-16H,2,10-14H2,1H3. The molecule has 1 fully saturated rings. The summed E-state index contributed by atoms with van der Waals surface area (Å²) in [6.07, 6.45) is 4.20. The molecule has 6 nitrogen and oxygen atoms in total. The van der Waals surface area contributed by atoms with Crippen LogP contribution < -0.4 is 4.90 Å². The van der Waals surface area contributed by atoms with Crippen LogP contribution in [0.5, 0.6) is 0 Å². The number of aromatic nitrogens is 3. The van der Waals surface area contributed by atoms with Crippen LogP contribution in [0.15, 0.2) is 54.2 Å². The van der Waals surface area contributed by atoms with Crippen LogP contribution >= 0.6 is 11.3 Å². The quantitative estimate of drug-likeness (QED) is 0.458. The van der Waals surface area contributed by atoms with Gasteiger partial charge in [0.1, 0.15) is 16.5 Å². The molecule has 4 heterocycles. The SMILES string of the molecule is CCn1cc(-c2nc(CC(=O)N3CCN(c4ccc(F)cc4)CC3)cs2)c2cccnc21. The summed E-state index contributed by atoms with van der Waals surface area (Å²) in [5.41, 5.74) is 3.81. The number of fused-ring (bicyclic) bond motifs is 1. The van der Waals surface area contributed by atoms with E-state index in [1.807, 2.05) is 16.3 Å². The third-order valence-electron chi connectivity index (χ3n) is 5.91. The monoisotopic (exact) mass is 449 g/mol.